The van der Waals surface area contributed by atoms with Crippen LogP contribution < -0.4 is 0 Å². The first-order chi connectivity index (χ1) is 8.94. The zero-order valence-electron chi connectivity index (χ0n) is 10.6. The van der Waals surface area contributed by atoms with E-state index in [-0.39, 0.29) is 0 Å². The molecule has 2 rings (SSSR count). The van der Waals surface area contributed by atoms with Crippen LogP contribution in [0.15, 0.2) is 30.3 Å². The number of carbonyl (C=O) groups excluding carboxylic acids is 2. The maximum Gasteiger partial charge on any atom is 0.325 e. The van der Waals surface area contributed by atoms with Crippen LogP contribution in [0.5, 0.6) is 0 Å². The first-order valence-corrected chi connectivity index (χ1v) is 5.85. The second kappa shape index (κ2) is 4.73. The molecule has 5 nitrogen and oxygen atoms in total. The van der Waals surface area contributed by atoms with E-state index in [4.69, 9.17) is 9.47 Å². The monoisotopic (exact) mass is 259 g/mol. The maximum atomic E-state index is 11.9. The Balaban J connectivity index is 2.33. The fourth-order valence-corrected chi connectivity index (χ4v) is 2.00. The van der Waals surface area contributed by atoms with Crippen molar-refractivity contribution in [2.45, 2.75) is 25.6 Å². The second-order valence-corrected chi connectivity index (χ2v) is 4.74. The molecule has 1 aromatic rings. The SMILES string of the molecule is CC1(C)OC(=O)C(C(C#N)c2ccccc2)C(=O)O1. The standard InChI is InChI=1S/C14H13NO4/c1-14(2)18-12(16)11(13(17)19-14)10(8-15)9-6-4-3-5-7-9/h3-7,10-11H,1-2H3. The van der Waals surface area contributed by atoms with Crippen LogP contribution in [0.25, 0.3) is 0 Å². The number of ether oxygens (including phenoxy) is 2. The minimum absolute atomic E-state index is 0.587. The van der Waals surface area contributed by atoms with Crippen molar-refractivity contribution in [2.75, 3.05) is 0 Å². The Kier molecular flexibility index (Phi) is 3.26. The summed E-state index contributed by atoms with van der Waals surface area (Å²) >= 11 is 0. The lowest BCUT2D eigenvalue weighted by atomic mass is 9.86. The average molecular weight is 259 g/mol. The zero-order valence-corrected chi connectivity index (χ0v) is 10.6. The number of esters is 2. The van der Waals surface area contributed by atoms with E-state index in [2.05, 4.69) is 0 Å². The van der Waals surface area contributed by atoms with Gasteiger partial charge in [0.25, 0.3) is 5.79 Å². The number of nitriles is 1. The molecule has 1 unspecified atom stereocenters. The van der Waals surface area contributed by atoms with Gasteiger partial charge >= 0.3 is 11.9 Å². The van der Waals surface area contributed by atoms with E-state index >= 15 is 0 Å². The van der Waals surface area contributed by atoms with E-state index in [1.165, 1.54) is 13.8 Å². The Bertz CT molecular complexity index is 524. The van der Waals surface area contributed by atoms with E-state index < -0.39 is 29.6 Å². The highest BCUT2D eigenvalue weighted by Crippen LogP contribution is 2.32. The van der Waals surface area contributed by atoms with Crippen LogP contribution in [0.1, 0.15) is 25.3 Å². The van der Waals surface area contributed by atoms with Gasteiger partial charge in [0.1, 0.15) is 0 Å². The first-order valence-electron chi connectivity index (χ1n) is 5.85. The van der Waals surface area contributed by atoms with Crippen molar-refractivity contribution >= 4 is 11.9 Å². The summed E-state index contributed by atoms with van der Waals surface area (Å²) in [5.74, 6) is -4.87. The van der Waals surface area contributed by atoms with Gasteiger partial charge in [-0.25, -0.2) is 0 Å². The number of carbonyl (C=O) groups is 2. The van der Waals surface area contributed by atoms with Crippen molar-refractivity contribution in [3.05, 3.63) is 35.9 Å². The van der Waals surface area contributed by atoms with Gasteiger partial charge in [-0.1, -0.05) is 30.3 Å². The molecule has 1 aromatic carbocycles. The summed E-state index contributed by atoms with van der Waals surface area (Å²) in [6.45, 7) is 2.95. The molecule has 98 valence electrons. The van der Waals surface area contributed by atoms with Crippen molar-refractivity contribution in [2.24, 2.45) is 5.92 Å². The van der Waals surface area contributed by atoms with E-state index in [0.717, 1.165) is 0 Å². The molecular weight excluding hydrogens is 246 g/mol. The summed E-state index contributed by atoms with van der Waals surface area (Å²) in [5.41, 5.74) is 0.587. The van der Waals surface area contributed by atoms with E-state index in [9.17, 15) is 14.9 Å². The predicted molar refractivity (Wildman–Crippen MR) is 64.5 cm³/mol. The molecule has 1 aliphatic heterocycles. The van der Waals surface area contributed by atoms with Gasteiger partial charge in [0.2, 0.25) is 0 Å². The van der Waals surface area contributed by atoms with E-state index in [0.29, 0.717) is 5.56 Å². The lowest BCUT2D eigenvalue weighted by Crippen LogP contribution is -2.48. The quantitative estimate of drug-likeness (QED) is 0.597. The Morgan fingerprint density at radius 3 is 2.16 bits per heavy atom. The average Bonchev–Trinajstić information content (AvgIpc) is 2.33. The highest BCUT2D eigenvalue weighted by molar-refractivity contribution is 5.98. The van der Waals surface area contributed by atoms with Gasteiger partial charge in [-0.05, 0) is 5.56 Å². The largest absolute Gasteiger partial charge is 0.422 e. The summed E-state index contributed by atoms with van der Waals surface area (Å²) in [4.78, 5) is 23.8. The molecule has 1 atom stereocenters. The van der Waals surface area contributed by atoms with Gasteiger partial charge in [0.15, 0.2) is 5.92 Å². The van der Waals surface area contributed by atoms with Crippen LogP contribution in [0.3, 0.4) is 0 Å². The summed E-state index contributed by atoms with van der Waals surface area (Å²) in [6.07, 6.45) is 0. The van der Waals surface area contributed by atoms with E-state index in [1.807, 2.05) is 6.07 Å². The molecule has 0 bridgehead atoms. The number of hydrogen-bond acceptors (Lipinski definition) is 5. The smallest absolute Gasteiger partial charge is 0.325 e. The number of rotatable bonds is 2. The van der Waals surface area contributed by atoms with Crippen LogP contribution in [0.4, 0.5) is 0 Å². The fourth-order valence-electron chi connectivity index (χ4n) is 2.00. The molecule has 5 heteroatoms. The first kappa shape index (κ1) is 13.1. The molecule has 0 aliphatic carbocycles. The Morgan fingerprint density at radius 1 is 1.16 bits per heavy atom. The van der Waals surface area contributed by atoms with Crippen molar-refractivity contribution in [3.8, 4) is 6.07 Å². The number of hydrogen-bond donors (Lipinski definition) is 0. The van der Waals surface area contributed by atoms with Crippen molar-refractivity contribution in [1.82, 2.24) is 0 Å². The summed E-state index contributed by atoms with van der Waals surface area (Å²) in [6, 6.07) is 10.6. The zero-order chi connectivity index (χ0) is 14.0. The molecule has 0 spiro atoms. The molecule has 0 N–H and O–H groups in total. The highest BCUT2D eigenvalue weighted by atomic mass is 16.7. The van der Waals surface area contributed by atoms with Crippen LogP contribution in [-0.4, -0.2) is 17.7 Å². The third-order valence-electron chi connectivity index (χ3n) is 2.83. The fraction of sp³-hybridized carbons (Fsp3) is 0.357. The Morgan fingerprint density at radius 2 is 1.68 bits per heavy atom. The molecule has 0 aromatic heterocycles. The Labute approximate surface area is 110 Å². The van der Waals surface area contributed by atoms with Gasteiger partial charge in [-0.3, -0.25) is 9.59 Å². The van der Waals surface area contributed by atoms with E-state index in [1.54, 1.807) is 30.3 Å². The van der Waals surface area contributed by atoms with Crippen molar-refractivity contribution in [3.63, 3.8) is 0 Å². The summed E-state index contributed by atoms with van der Waals surface area (Å²) in [5, 5.41) is 9.23. The molecule has 1 heterocycles. The summed E-state index contributed by atoms with van der Waals surface area (Å²) < 4.78 is 10.1. The molecule has 1 saturated heterocycles. The van der Waals surface area contributed by atoms with Crippen molar-refractivity contribution < 1.29 is 19.1 Å². The minimum Gasteiger partial charge on any atom is -0.422 e. The van der Waals surface area contributed by atoms with Gasteiger partial charge in [-0.15, -0.1) is 0 Å². The molecule has 0 radical (unpaired) electrons. The number of benzene rings is 1. The van der Waals surface area contributed by atoms with Gasteiger partial charge in [0.05, 0.1) is 12.0 Å². The Hall–Kier alpha value is -2.35. The maximum absolute atomic E-state index is 11.9. The third kappa shape index (κ3) is 2.58. The van der Waals surface area contributed by atoms with Gasteiger partial charge < -0.3 is 9.47 Å². The number of nitrogens with zero attached hydrogens (tertiary/aromatic N) is 1. The van der Waals surface area contributed by atoms with Gasteiger partial charge in [0, 0.05) is 13.8 Å². The molecule has 0 amide bonds. The summed E-state index contributed by atoms with van der Waals surface area (Å²) in [7, 11) is 0. The lowest BCUT2D eigenvalue weighted by Gasteiger charge is -2.34. The topological polar surface area (TPSA) is 76.4 Å². The van der Waals surface area contributed by atoms with Crippen LogP contribution in [-0.2, 0) is 19.1 Å². The van der Waals surface area contributed by atoms with Crippen molar-refractivity contribution in [1.29, 1.82) is 5.26 Å². The van der Waals surface area contributed by atoms with Gasteiger partial charge in [-0.2, -0.15) is 5.26 Å². The minimum atomic E-state index is -1.28. The molecular formula is C14H13NO4. The molecule has 19 heavy (non-hydrogen) atoms. The molecule has 1 aliphatic rings. The van der Waals surface area contributed by atoms with Crippen LogP contribution in [0.2, 0.25) is 0 Å². The highest BCUT2D eigenvalue weighted by Gasteiger charge is 2.47. The number of cyclic esters (lactones) is 2. The normalized spacial score (nSPS) is 20.1. The van der Waals surface area contributed by atoms with Crippen LogP contribution >= 0.6 is 0 Å². The molecule has 1 fully saturated rings. The predicted octanol–water partition coefficient (Wildman–Crippen LogP) is 1.75. The third-order valence-corrected chi connectivity index (χ3v) is 2.83. The van der Waals surface area contributed by atoms with Crippen LogP contribution in [0, 0.1) is 17.2 Å². The second-order valence-electron chi connectivity index (χ2n) is 4.74. The molecule has 0 saturated carbocycles. The lowest BCUT2D eigenvalue weighted by molar-refractivity contribution is -0.240.